The van der Waals surface area contributed by atoms with Crippen LogP contribution in [0, 0.1) is 0 Å². The van der Waals surface area contributed by atoms with E-state index in [4.69, 9.17) is 33.7 Å². The van der Waals surface area contributed by atoms with E-state index in [0.717, 1.165) is 12.0 Å². The molecule has 2 aromatic rings. The molecule has 2 atom stereocenters. The van der Waals surface area contributed by atoms with Crippen molar-refractivity contribution >= 4 is 23.2 Å². The highest BCUT2D eigenvalue weighted by atomic mass is 35.5. The van der Waals surface area contributed by atoms with Crippen molar-refractivity contribution in [1.82, 2.24) is 0 Å². The molecule has 2 unspecified atom stereocenters. The van der Waals surface area contributed by atoms with Gasteiger partial charge in [0.2, 0.25) is 0 Å². The Morgan fingerprint density at radius 1 is 1.05 bits per heavy atom. The number of nitrogens with two attached hydrogens (primary N) is 1. The Labute approximate surface area is 129 Å². The van der Waals surface area contributed by atoms with Crippen LogP contribution in [0.4, 0.5) is 0 Å². The molecule has 0 saturated heterocycles. The summed E-state index contributed by atoms with van der Waals surface area (Å²) in [7, 11) is 0. The topological polar surface area (TPSA) is 35.2 Å². The highest BCUT2D eigenvalue weighted by molar-refractivity contribution is 6.30. The van der Waals surface area contributed by atoms with E-state index in [2.05, 4.69) is 0 Å². The Kier molecular flexibility index (Phi) is 5.30. The van der Waals surface area contributed by atoms with Crippen LogP contribution in [0.3, 0.4) is 0 Å². The Morgan fingerprint density at radius 2 is 1.70 bits per heavy atom. The Balaban J connectivity index is 2.29. The van der Waals surface area contributed by atoms with Gasteiger partial charge >= 0.3 is 0 Å². The molecule has 4 heteroatoms. The van der Waals surface area contributed by atoms with Crippen molar-refractivity contribution in [2.75, 3.05) is 0 Å². The molecular formula is C16H17Cl2NO. The quantitative estimate of drug-likeness (QED) is 0.856. The number of hydrogen-bond acceptors (Lipinski definition) is 2. The SMILES string of the molecule is CCC(N)C(Oc1cccc(Cl)c1)c1cccc(Cl)c1. The maximum Gasteiger partial charge on any atom is 0.139 e. The van der Waals surface area contributed by atoms with Gasteiger partial charge in [-0.15, -0.1) is 0 Å². The van der Waals surface area contributed by atoms with Gasteiger partial charge in [0, 0.05) is 16.1 Å². The summed E-state index contributed by atoms with van der Waals surface area (Å²) < 4.78 is 6.02. The first-order valence-corrected chi connectivity index (χ1v) is 7.29. The Morgan fingerprint density at radius 3 is 2.30 bits per heavy atom. The molecule has 2 N–H and O–H groups in total. The second kappa shape index (κ2) is 6.98. The highest BCUT2D eigenvalue weighted by Gasteiger charge is 2.21. The molecule has 2 rings (SSSR count). The van der Waals surface area contributed by atoms with Crippen LogP contribution in [0.15, 0.2) is 48.5 Å². The molecule has 0 spiro atoms. The molecular weight excluding hydrogens is 293 g/mol. The number of halogens is 2. The molecule has 0 fully saturated rings. The van der Waals surface area contributed by atoms with E-state index in [9.17, 15) is 0 Å². The first kappa shape index (κ1) is 15.2. The van der Waals surface area contributed by atoms with E-state index in [1.54, 1.807) is 6.07 Å². The average Bonchev–Trinajstić information content (AvgIpc) is 2.44. The molecule has 0 heterocycles. The molecule has 0 aliphatic heterocycles. The minimum atomic E-state index is -0.253. The molecule has 0 aliphatic rings. The van der Waals surface area contributed by atoms with Crippen LogP contribution in [-0.4, -0.2) is 6.04 Å². The monoisotopic (exact) mass is 309 g/mol. The fourth-order valence-electron chi connectivity index (χ4n) is 1.99. The van der Waals surface area contributed by atoms with Gasteiger partial charge in [-0.3, -0.25) is 0 Å². The number of ether oxygens (including phenoxy) is 1. The van der Waals surface area contributed by atoms with Gasteiger partial charge in [-0.25, -0.2) is 0 Å². The van der Waals surface area contributed by atoms with E-state index in [0.29, 0.717) is 15.8 Å². The largest absolute Gasteiger partial charge is 0.484 e. The lowest BCUT2D eigenvalue weighted by Crippen LogP contribution is -2.31. The summed E-state index contributed by atoms with van der Waals surface area (Å²) in [6, 6.07) is 14.8. The van der Waals surface area contributed by atoms with Crippen LogP contribution >= 0.6 is 23.2 Å². The van der Waals surface area contributed by atoms with E-state index in [1.807, 2.05) is 49.4 Å². The lowest BCUT2D eigenvalue weighted by molar-refractivity contribution is 0.171. The zero-order chi connectivity index (χ0) is 14.5. The normalized spacial score (nSPS) is 13.8. The lowest BCUT2D eigenvalue weighted by atomic mass is 10.0. The van der Waals surface area contributed by atoms with Crippen LogP contribution in [0.25, 0.3) is 0 Å². The summed E-state index contributed by atoms with van der Waals surface area (Å²) in [6.45, 7) is 2.03. The van der Waals surface area contributed by atoms with Crippen molar-refractivity contribution in [3.05, 3.63) is 64.1 Å². The van der Waals surface area contributed by atoms with E-state index >= 15 is 0 Å². The molecule has 0 saturated carbocycles. The van der Waals surface area contributed by atoms with Gasteiger partial charge in [0.1, 0.15) is 11.9 Å². The maximum absolute atomic E-state index is 6.18. The van der Waals surface area contributed by atoms with Gasteiger partial charge in [0.05, 0.1) is 0 Å². The molecule has 2 aromatic carbocycles. The van der Waals surface area contributed by atoms with Gasteiger partial charge in [0.15, 0.2) is 0 Å². The van der Waals surface area contributed by atoms with Gasteiger partial charge < -0.3 is 10.5 Å². The van der Waals surface area contributed by atoms with Crippen LogP contribution in [-0.2, 0) is 0 Å². The average molecular weight is 310 g/mol. The van der Waals surface area contributed by atoms with Gasteiger partial charge in [-0.2, -0.15) is 0 Å². The highest BCUT2D eigenvalue weighted by Crippen LogP contribution is 2.28. The van der Waals surface area contributed by atoms with Crippen molar-refractivity contribution in [3.8, 4) is 5.75 Å². The fourth-order valence-corrected chi connectivity index (χ4v) is 2.37. The second-order valence-corrected chi connectivity index (χ2v) is 5.50. The van der Waals surface area contributed by atoms with Crippen molar-refractivity contribution in [3.63, 3.8) is 0 Å². The Bertz CT molecular complexity index is 574. The van der Waals surface area contributed by atoms with Crippen molar-refractivity contribution < 1.29 is 4.74 Å². The molecule has 2 nitrogen and oxygen atoms in total. The van der Waals surface area contributed by atoms with Crippen molar-refractivity contribution in [2.24, 2.45) is 5.73 Å². The predicted octanol–water partition coefficient (Wildman–Crippen LogP) is 4.85. The van der Waals surface area contributed by atoms with Crippen molar-refractivity contribution in [2.45, 2.75) is 25.5 Å². The van der Waals surface area contributed by atoms with Crippen LogP contribution < -0.4 is 10.5 Å². The van der Waals surface area contributed by atoms with Crippen LogP contribution in [0.5, 0.6) is 5.75 Å². The smallest absolute Gasteiger partial charge is 0.139 e. The zero-order valence-corrected chi connectivity index (χ0v) is 12.7. The summed E-state index contributed by atoms with van der Waals surface area (Å²) in [4.78, 5) is 0. The van der Waals surface area contributed by atoms with Crippen LogP contribution in [0.1, 0.15) is 25.0 Å². The van der Waals surface area contributed by atoms with Crippen LogP contribution in [0.2, 0.25) is 10.0 Å². The van der Waals surface area contributed by atoms with E-state index < -0.39 is 0 Å². The standard InChI is InChI=1S/C16H17Cl2NO/c1-2-15(19)16(11-5-3-6-12(17)9-11)20-14-8-4-7-13(18)10-14/h3-10,15-16H,2,19H2,1H3. The zero-order valence-electron chi connectivity index (χ0n) is 11.2. The molecule has 0 bridgehead atoms. The molecule has 0 amide bonds. The third-order valence-electron chi connectivity index (χ3n) is 3.10. The van der Waals surface area contributed by atoms with E-state index in [1.165, 1.54) is 0 Å². The predicted molar refractivity (Wildman–Crippen MR) is 84.5 cm³/mol. The van der Waals surface area contributed by atoms with Crippen molar-refractivity contribution in [1.29, 1.82) is 0 Å². The molecule has 0 aromatic heterocycles. The molecule has 106 valence electrons. The summed E-state index contributed by atoms with van der Waals surface area (Å²) >= 11 is 12.0. The van der Waals surface area contributed by atoms with E-state index in [-0.39, 0.29) is 12.1 Å². The number of rotatable bonds is 5. The summed E-state index contributed by atoms with van der Waals surface area (Å²) in [6.07, 6.45) is 0.551. The summed E-state index contributed by atoms with van der Waals surface area (Å²) in [5, 5.41) is 1.31. The Hall–Kier alpha value is -1.22. The number of hydrogen-bond donors (Lipinski definition) is 1. The number of benzene rings is 2. The summed E-state index contributed by atoms with van der Waals surface area (Å²) in [5.41, 5.74) is 7.15. The maximum atomic E-state index is 6.18. The minimum Gasteiger partial charge on any atom is -0.484 e. The van der Waals surface area contributed by atoms with Gasteiger partial charge in [-0.1, -0.05) is 48.3 Å². The third kappa shape index (κ3) is 3.89. The van der Waals surface area contributed by atoms with Gasteiger partial charge in [0.25, 0.3) is 0 Å². The molecule has 20 heavy (non-hydrogen) atoms. The third-order valence-corrected chi connectivity index (χ3v) is 3.57. The molecule has 0 radical (unpaired) electrons. The first-order chi connectivity index (χ1) is 9.60. The molecule has 0 aliphatic carbocycles. The first-order valence-electron chi connectivity index (χ1n) is 6.53. The van der Waals surface area contributed by atoms with Gasteiger partial charge in [-0.05, 0) is 42.3 Å². The summed E-state index contributed by atoms with van der Waals surface area (Å²) in [5.74, 6) is 0.700. The minimum absolute atomic E-state index is 0.118. The second-order valence-electron chi connectivity index (χ2n) is 4.62. The fraction of sp³-hybridized carbons (Fsp3) is 0.250. The lowest BCUT2D eigenvalue weighted by Gasteiger charge is -2.25.